The molecule has 46 heavy (non-hydrogen) atoms. The predicted molar refractivity (Wildman–Crippen MR) is 189 cm³/mol. The van der Waals surface area contributed by atoms with E-state index in [2.05, 4.69) is 187 Å². The van der Waals surface area contributed by atoms with Gasteiger partial charge in [0.15, 0.2) is 0 Å². The Kier molecular flexibility index (Phi) is 5.64. The highest BCUT2D eigenvalue weighted by molar-refractivity contribution is 5.89. The molecule has 0 aliphatic carbocycles. The van der Waals surface area contributed by atoms with Crippen molar-refractivity contribution in [2.24, 2.45) is 0 Å². The molecular formula is C42H34N4. The number of fused-ring (bicyclic) bond motifs is 7. The van der Waals surface area contributed by atoms with Gasteiger partial charge in [-0.1, -0.05) is 123 Å². The Hall–Kier alpha value is -5.61. The first-order chi connectivity index (χ1) is 22.5. The standard InChI is InChI=1S/C42H34N4/c1-41(2)32-20-10-13-23-36(32)45(37-24-14-11-21-33(37)41)31-26-27-38-34(28-31)42(29-16-6-4-7-17-29,30-18-8-5-9-19-30)44(3)40-43-35-22-12-15-25-39(35)46(38)40/h4-28H,1-3H3. The van der Waals surface area contributed by atoms with Crippen molar-refractivity contribution in [3.63, 3.8) is 0 Å². The summed E-state index contributed by atoms with van der Waals surface area (Å²) in [5.41, 5.74) is 12.3. The minimum atomic E-state index is -0.640. The number of aromatic nitrogens is 2. The molecule has 2 aliphatic heterocycles. The molecule has 4 nitrogen and oxygen atoms in total. The minimum Gasteiger partial charge on any atom is -0.327 e. The van der Waals surface area contributed by atoms with Crippen molar-refractivity contribution in [3.8, 4) is 5.69 Å². The molecule has 0 atom stereocenters. The molecule has 4 heteroatoms. The van der Waals surface area contributed by atoms with E-state index in [0.717, 1.165) is 28.4 Å². The van der Waals surface area contributed by atoms with Crippen LogP contribution in [0.3, 0.4) is 0 Å². The molecule has 0 unspecified atom stereocenters. The lowest BCUT2D eigenvalue weighted by Crippen LogP contribution is -2.50. The van der Waals surface area contributed by atoms with Crippen molar-refractivity contribution < 1.29 is 0 Å². The van der Waals surface area contributed by atoms with Crippen LogP contribution in [-0.2, 0) is 11.0 Å². The Morgan fingerprint density at radius 2 is 1.07 bits per heavy atom. The third kappa shape index (κ3) is 3.47. The third-order valence-electron chi connectivity index (χ3n) is 10.2. The SMILES string of the molecule is CN1c2nc3ccccc3n2-c2ccc(N3c4ccccc4C(C)(C)c4ccccc43)cc2C1(c1ccccc1)c1ccccc1. The topological polar surface area (TPSA) is 24.3 Å². The van der Waals surface area contributed by atoms with E-state index in [9.17, 15) is 0 Å². The van der Waals surface area contributed by atoms with Crippen LogP contribution in [0, 0.1) is 0 Å². The van der Waals surface area contributed by atoms with E-state index in [4.69, 9.17) is 4.98 Å². The number of nitrogens with zero attached hydrogens (tertiary/aromatic N) is 4. The largest absolute Gasteiger partial charge is 0.327 e. The Morgan fingerprint density at radius 3 is 1.70 bits per heavy atom. The Labute approximate surface area is 269 Å². The van der Waals surface area contributed by atoms with Gasteiger partial charge in [0.25, 0.3) is 0 Å². The zero-order chi connectivity index (χ0) is 31.0. The van der Waals surface area contributed by atoms with Crippen molar-refractivity contribution >= 4 is 34.0 Å². The van der Waals surface area contributed by atoms with E-state index >= 15 is 0 Å². The fraction of sp³-hybridized carbons (Fsp3) is 0.119. The molecule has 1 aromatic heterocycles. The van der Waals surface area contributed by atoms with E-state index in [1.165, 1.54) is 39.2 Å². The Bertz CT molecular complexity index is 2180. The van der Waals surface area contributed by atoms with Crippen molar-refractivity contribution in [3.05, 3.63) is 179 Å². The smallest absolute Gasteiger partial charge is 0.212 e. The molecule has 2 aliphatic rings. The highest BCUT2D eigenvalue weighted by Gasteiger charge is 2.48. The average molecular weight is 595 g/mol. The molecule has 0 fully saturated rings. The van der Waals surface area contributed by atoms with E-state index in [0.29, 0.717) is 0 Å². The van der Waals surface area contributed by atoms with Gasteiger partial charge in [0.2, 0.25) is 5.95 Å². The van der Waals surface area contributed by atoms with Crippen LogP contribution in [0.2, 0.25) is 0 Å². The molecule has 0 saturated heterocycles. The van der Waals surface area contributed by atoms with Gasteiger partial charge < -0.3 is 9.80 Å². The first-order valence-electron chi connectivity index (χ1n) is 16.0. The highest BCUT2D eigenvalue weighted by atomic mass is 15.4. The lowest BCUT2D eigenvalue weighted by Gasteiger charge is -2.48. The van der Waals surface area contributed by atoms with Gasteiger partial charge in [-0.15, -0.1) is 0 Å². The van der Waals surface area contributed by atoms with Gasteiger partial charge in [0.1, 0.15) is 5.54 Å². The quantitative estimate of drug-likeness (QED) is 0.204. The third-order valence-corrected chi connectivity index (χ3v) is 10.2. The summed E-state index contributed by atoms with van der Waals surface area (Å²) in [5, 5.41) is 0. The number of anilines is 4. The number of benzene rings is 6. The number of para-hydroxylation sites is 4. The summed E-state index contributed by atoms with van der Waals surface area (Å²) in [4.78, 5) is 10.1. The molecule has 6 aromatic carbocycles. The van der Waals surface area contributed by atoms with Gasteiger partial charge in [0.05, 0.1) is 28.1 Å². The minimum absolute atomic E-state index is 0.124. The summed E-state index contributed by atoms with van der Waals surface area (Å²) < 4.78 is 2.33. The molecule has 3 heterocycles. The molecule has 0 bridgehead atoms. The highest BCUT2D eigenvalue weighted by Crippen LogP contribution is 2.55. The van der Waals surface area contributed by atoms with E-state index in [1.807, 2.05) is 0 Å². The summed E-state index contributed by atoms with van der Waals surface area (Å²) in [6, 6.07) is 55.0. The number of hydrogen-bond acceptors (Lipinski definition) is 3. The molecule has 0 saturated carbocycles. The zero-order valence-electron chi connectivity index (χ0n) is 26.2. The van der Waals surface area contributed by atoms with Gasteiger partial charge >= 0.3 is 0 Å². The van der Waals surface area contributed by atoms with Gasteiger partial charge in [-0.05, 0) is 64.7 Å². The molecule has 0 radical (unpaired) electrons. The zero-order valence-corrected chi connectivity index (χ0v) is 26.2. The Balaban J connectivity index is 1.40. The van der Waals surface area contributed by atoms with Crippen molar-refractivity contribution in [2.75, 3.05) is 16.8 Å². The lowest BCUT2D eigenvalue weighted by molar-refractivity contribution is 0.564. The summed E-state index contributed by atoms with van der Waals surface area (Å²) in [5.74, 6) is 0.921. The molecular weight excluding hydrogens is 560 g/mol. The molecule has 7 aromatic rings. The van der Waals surface area contributed by atoms with Crippen LogP contribution < -0.4 is 9.80 Å². The van der Waals surface area contributed by atoms with Gasteiger partial charge in [-0.2, -0.15) is 0 Å². The fourth-order valence-corrected chi connectivity index (χ4v) is 8.13. The van der Waals surface area contributed by atoms with Crippen LogP contribution in [0.4, 0.5) is 23.0 Å². The van der Waals surface area contributed by atoms with Crippen molar-refractivity contribution in [1.29, 1.82) is 0 Å². The summed E-state index contributed by atoms with van der Waals surface area (Å²) >= 11 is 0. The second-order valence-electron chi connectivity index (χ2n) is 12.9. The molecule has 9 rings (SSSR count). The van der Waals surface area contributed by atoms with E-state index < -0.39 is 5.54 Å². The van der Waals surface area contributed by atoms with Crippen LogP contribution in [-0.4, -0.2) is 16.6 Å². The van der Waals surface area contributed by atoms with Gasteiger partial charge in [-0.3, -0.25) is 4.57 Å². The monoisotopic (exact) mass is 594 g/mol. The van der Waals surface area contributed by atoms with Gasteiger partial charge in [-0.25, -0.2) is 4.98 Å². The van der Waals surface area contributed by atoms with Crippen molar-refractivity contribution in [2.45, 2.75) is 24.8 Å². The number of imidazole rings is 1. The molecule has 0 amide bonds. The van der Waals surface area contributed by atoms with Gasteiger partial charge in [0, 0.05) is 23.7 Å². The summed E-state index contributed by atoms with van der Waals surface area (Å²) in [6.07, 6.45) is 0. The lowest BCUT2D eigenvalue weighted by atomic mass is 9.73. The molecule has 0 N–H and O–H groups in total. The molecule has 222 valence electrons. The summed E-state index contributed by atoms with van der Waals surface area (Å²) in [6.45, 7) is 4.68. The van der Waals surface area contributed by atoms with E-state index in [1.54, 1.807) is 0 Å². The second-order valence-corrected chi connectivity index (χ2v) is 12.9. The average Bonchev–Trinajstić information content (AvgIpc) is 3.50. The van der Waals surface area contributed by atoms with Crippen molar-refractivity contribution in [1.82, 2.24) is 9.55 Å². The predicted octanol–water partition coefficient (Wildman–Crippen LogP) is 9.88. The first kappa shape index (κ1) is 26.8. The van der Waals surface area contributed by atoms with Crippen LogP contribution in [0.1, 0.15) is 41.7 Å². The van der Waals surface area contributed by atoms with Crippen LogP contribution in [0.5, 0.6) is 0 Å². The normalized spacial score (nSPS) is 15.5. The molecule has 0 spiro atoms. The summed E-state index contributed by atoms with van der Waals surface area (Å²) in [7, 11) is 2.20. The maximum absolute atomic E-state index is 5.25. The maximum atomic E-state index is 5.25. The first-order valence-corrected chi connectivity index (χ1v) is 16.0. The van der Waals surface area contributed by atoms with Crippen LogP contribution >= 0.6 is 0 Å². The van der Waals surface area contributed by atoms with Crippen LogP contribution in [0.25, 0.3) is 16.7 Å². The van der Waals surface area contributed by atoms with Crippen LogP contribution in [0.15, 0.2) is 152 Å². The number of hydrogen-bond donors (Lipinski definition) is 0. The number of rotatable bonds is 3. The Morgan fingerprint density at radius 1 is 0.522 bits per heavy atom. The van der Waals surface area contributed by atoms with E-state index in [-0.39, 0.29) is 5.41 Å². The fourth-order valence-electron chi connectivity index (χ4n) is 8.13. The maximum Gasteiger partial charge on any atom is 0.212 e. The second kappa shape index (κ2) is 9.69.